The minimum Gasteiger partial charge on any atom is -0.357 e. The first-order chi connectivity index (χ1) is 23.0. The maximum Gasteiger partial charge on any atom is 2.00 e. The van der Waals surface area contributed by atoms with E-state index in [1.165, 1.54) is 0 Å². The summed E-state index contributed by atoms with van der Waals surface area (Å²) in [6.07, 6.45) is 0. The van der Waals surface area contributed by atoms with Crippen molar-refractivity contribution in [3.8, 4) is 45.6 Å². The van der Waals surface area contributed by atoms with E-state index < -0.39 is 46.5 Å². The van der Waals surface area contributed by atoms with E-state index in [-0.39, 0.29) is 106 Å². The molecular formula is C32H8F8N8Ni. The van der Waals surface area contributed by atoms with Gasteiger partial charge in [-0.05, 0) is 70.1 Å². The number of nitrogens with zero attached hydrogens (tertiary/aromatic N) is 8. The molecular weight excluding hydrogens is 707 g/mol. The van der Waals surface area contributed by atoms with Crippen LogP contribution in [0.4, 0.5) is 35.1 Å². The van der Waals surface area contributed by atoms with Crippen molar-refractivity contribution >= 4 is 44.1 Å². The molecule has 2 aliphatic rings. The fourth-order valence-corrected chi connectivity index (χ4v) is 5.63. The Morgan fingerprint density at radius 2 is 0.510 bits per heavy atom. The standard InChI is InChI=1S/C32H8F8N8.Ni/c33-17-1-9-10(2-18(17)34)26-41-25(9)45-27-11-3-19(35)20(36)4-12(11)29(42-27)47-31-15-7-23(39)24(40)8-16(15)32(44-31)48-30-14-6-22(38)21(37)5-13(14)28(43-30)46-26;/h1-8H;/q-2;+2. The van der Waals surface area contributed by atoms with E-state index in [0.717, 1.165) is 48.5 Å². The van der Waals surface area contributed by atoms with Gasteiger partial charge in [0.2, 0.25) is 0 Å². The monoisotopic (exact) mass is 714 g/mol. The number of hydrogen-bond acceptors (Lipinski definition) is 6. The van der Waals surface area contributed by atoms with Gasteiger partial charge in [-0.2, -0.15) is 0 Å². The van der Waals surface area contributed by atoms with Crippen molar-refractivity contribution in [2.24, 2.45) is 0 Å². The van der Waals surface area contributed by atoms with Crippen LogP contribution in [-0.2, 0) is 16.5 Å². The molecule has 0 atom stereocenters. The molecule has 0 spiro atoms. The van der Waals surface area contributed by atoms with Gasteiger partial charge in [0.25, 0.3) is 0 Å². The molecule has 17 heteroatoms. The molecule has 8 nitrogen and oxygen atoms in total. The Morgan fingerprint density at radius 3 is 0.735 bits per heavy atom. The summed E-state index contributed by atoms with van der Waals surface area (Å²) in [5.41, 5.74) is -1.40. The summed E-state index contributed by atoms with van der Waals surface area (Å²) in [5.74, 6) is -11.2. The third-order valence-corrected chi connectivity index (χ3v) is 7.86. The van der Waals surface area contributed by atoms with Crippen LogP contribution in [0.15, 0.2) is 48.5 Å². The molecule has 0 N–H and O–H groups in total. The van der Waals surface area contributed by atoms with Gasteiger partial charge < -0.3 is 29.9 Å². The molecule has 0 radical (unpaired) electrons. The Balaban J connectivity index is 0.00000348. The number of aromatic nitrogens is 8. The molecule has 9 rings (SSSR count). The number of hydrogen-bond donors (Lipinski definition) is 0. The Hall–Kier alpha value is -5.83. The van der Waals surface area contributed by atoms with Crippen LogP contribution < -0.4 is 9.97 Å². The zero-order valence-corrected chi connectivity index (χ0v) is 24.5. The molecule has 0 amide bonds. The molecule has 3 aromatic heterocycles. The maximum atomic E-state index is 14.5. The van der Waals surface area contributed by atoms with Crippen molar-refractivity contribution in [3.63, 3.8) is 0 Å². The second-order valence-electron chi connectivity index (χ2n) is 10.7. The molecule has 4 aromatic carbocycles. The predicted octanol–water partition coefficient (Wildman–Crippen LogP) is 7.24. The van der Waals surface area contributed by atoms with Crippen molar-refractivity contribution in [1.29, 1.82) is 0 Å². The van der Waals surface area contributed by atoms with E-state index in [2.05, 4.69) is 39.9 Å². The van der Waals surface area contributed by atoms with Crippen LogP contribution in [-0.4, -0.2) is 29.9 Å². The van der Waals surface area contributed by atoms with Crippen LogP contribution >= 0.6 is 0 Å². The van der Waals surface area contributed by atoms with Crippen LogP contribution in [0.1, 0.15) is 0 Å². The normalized spacial score (nSPS) is 11.9. The van der Waals surface area contributed by atoms with Crippen LogP contribution in [0, 0.1) is 46.5 Å². The zero-order chi connectivity index (χ0) is 33.2. The van der Waals surface area contributed by atoms with Crippen molar-refractivity contribution in [1.82, 2.24) is 39.9 Å². The van der Waals surface area contributed by atoms with Gasteiger partial charge >= 0.3 is 16.5 Å². The summed E-state index contributed by atoms with van der Waals surface area (Å²) in [7, 11) is 0. The van der Waals surface area contributed by atoms with Gasteiger partial charge in [-0.25, -0.2) is 45.1 Å². The summed E-state index contributed by atoms with van der Waals surface area (Å²) in [4.78, 5) is 34.6. The molecule has 49 heavy (non-hydrogen) atoms. The summed E-state index contributed by atoms with van der Waals surface area (Å²) >= 11 is 0. The summed E-state index contributed by atoms with van der Waals surface area (Å²) in [6.45, 7) is 0. The number of benzene rings is 4. The predicted molar refractivity (Wildman–Crippen MR) is 154 cm³/mol. The molecule has 0 saturated carbocycles. The largest absolute Gasteiger partial charge is 2.00 e. The molecule has 7 aromatic rings. The molecule has 5 heterocycles. The van der Waals surface area contributed by atoms with Gasteiger partial charge in [0.15, 0.2) is 46.5 Å². The Bertz CT molecular complexity index is 2430. The topological polar surface area (TPSA) is 106 Å². The molecule has 8 bridgehead atoms. The van der Waals surface area contributed by atoms with Gasteiger partial charge in [0.1, 0.15) is 0 Å². The van der Waals surface area contributed by atoms with Gasteiger partial charge in [0, 0.05) is 44.8 Å². The second-order valence-corrected chi connectivity index (χ2v) is 10.7. The third-order valence-electron chi connectivity index (χ3n) is 7.86. The molecule has 0 aliphatic carbocycles. The van der Waals surface area contributed by atoms with Gasteiger partial charge in [-0.15, -0.1) is 0 Å². The molecule has 0 fully saturated rings. The fourth-order valence-electron chi connectivity index (χ4n) is 5.63. The van der Waals surface area contributed by atoms with Crippen molar-refractivity contribution in [2.75, 3.05) is 0 Å². The first kappa shape index (κ1) is 30.5. The fraction of sp³-hybridized carbons (Fsp3) is 0. The molecule has 242 valence electrons. The van der Waals surface area contributed by atoms with E-state index in [9.17, 15) is 35.1 Å². The van der Waals surface area contributed by atoms with Crippen LogP contribution in [0.25, 0.3) is 89.7 Å². The first-order valence-electron chi connectivity index (χ1n) is 13.7. The van der Waals surface area contributed by atoms with Crippen molar-refractivity contribution in [3.05, 3.63) is 95.1 Å². The summed E-state index contributed by atoms with van der Waals surface area (Å²) in [5, 5.41) is -0.287. The minimum atomic E-state index is -1.27. The third kappa shape index (κ3) is 4.56. The van der Waals surface area contributed by atoms with Gasteiger partial charge in [0.05, 0.1) is 23.3 Å². The van der Waals surface area contributed by atoms with Crippen LogP contribution in [0.2, 0.25) is 0 Å². The van der Waals surface area contributed by atoms with E-state index in [1.54, 1.807) is 0 Å². The summed E-state index contributed by atoms with van der Waals surface area (Å²) in [6, 6.07) is 6.35. The summed E-state index contributed by atoms with van der Waals surface area (Å²) < 4.78 is 116. The van der Waals surface area contributed by atoms with Crippen molar-refractivity contribution in [2.45, 2.75) is 0 Å². The van der Waals surface area contributed by atoms with E-state index in [0.29, 0.717) is 0 Å². The van der Waals surface area contributed by atoms with E-state index in [4.69, 9.17) is 0 Å². The minimum absolute atomic E-state index is 0. The van der Waals surface area contributed by atoms with E-state index >= 15 is 0 Å². The smallest absolute Gasteiger partial charge is 0.357 e. The second kappa shape index (κ2) is 10.6. The Kier molecular flexibility index (Phi) is 6.59. The molecule has 2 aliphatic heterocycles. The molecule has 0 unspecified atom stereocenters. The van der Waals surface area contributed by atoms with Gasteiger partial charge in [-0.3, -0.25) is 0 Å². The van der Waals surface area contributed by atoms with Crippen molar-refractivity contribution < 1.29 is 51.6 Å². The maximum absolute atomic E-state index is 14.5. The zero-order valence-electron chi connectivity index (χ0n) is 23.5. The first-order valence-corrected chi connectivity index (χ1v) is 13.7. The SMILES string of the molecule is Fc1cc2c(cc1F)-c1nc-2nc2[n-]c(nc3nc(nc4[n-]c(n1)c1cc(F)c(F)cc41)-c1cc(F)c(F)cc1-3)c1cc(F)c(F)cc21.[Ni+2]. The van der Waals surface area contributed by atoms with Crippen LogP contribution in [0.5, 0.6) is 0 Å². The average Bonchev–Trinajstić information content (AvgIpc) is 3.74. The molecule has 0 saturated heterocycles. The van der Waals surface area contributed by atoms with E-state index in [1.807, 2.05) is 0 Å². The number of rotatable bonds is 0. The van der Waals surface area contributed by atoms with Gasteiger partial charge in [-0.1, -0.05) is 0 Å². The Labute approximate surface area is 275 Å². The van der Waals surface area contributed by atoms with Crippen LogP contribution in [0.3, 0.4) is 0 Å². The Morgan fingerprint density at radius 1 is 0.306 bits per heavy atom. The quantitative estimate of drug-likeness (QED) is 0.120. The number of fused-ring (bicyclic) bond motifs is 20. The average molecular weight is 715 g/mol. The number of halogens is 8.